The van der Waals surface area contributed by atoms with Gasteiger partial charge in [0.05, 0.1) is 12.5 Å². The normalized spacial score (nSPS) is 19.6. The molecule has 2 aliphatic rings. The molecule has 1 amide bonds. The van der Waals surface area contributed by atoms with E-state index in [-0.39, 0.29) is 17.8 Å². The molecule has 0 unspecified atom stereocenters. The van der Waals surface area contributed by atoms with Crippen molar-refractivity contribution in [2.24, 2.45) is 11.8 Å². The van der Waals surface area contributed by atoms with E-state index in [1.165, 1.54) is 38.5 Å². The molecule has 0 spiro atoms. The number of nitrogens with zero attached hydrogens (tertiary/aromatic N) is 1. The van der Waals surface area contributed by atoms with Gasteiger partial charge in [0.25, 0.3) is 0 Å². The third-order valence-corrected chi connectivity index (χ3v) is 5.66. The van der Waals surface area contributed by atoms with Crippen molar-refractivity contribution in [2.75, 3.05) is 19.7 Å². The van der Waals surface area contributed by atoms with E-state index in [0.29, 0.717) is 13.0 Å². The van der Waals surface area contributed by atoms with Gasteiger partial charge in [-0.15, -0.1) is 0 Å². The third-order valence-electron chi connectivity index (χ3n) is 5.66. The lowest BCUT2D eigenvalue weighted by atomic mass is 9.96. The molecule has 1 saturated carbocycles. The number of amides is 1. The maximum Gasteiger partial charge on any atom is 0.309 e. The molecule has 0 aromatic heterocycles. The number of likely N-dealkylation sites (tertiary alicyclic amines) is 1. The SMILES string of the molecule is CCCCCCOC(=O)C1CCN(C(=O)CCC2CCCC2)CC1. The second kappa shape index (κ2) is 10.7. The fourth-order valence-corrected chi connectivity index (χ4v) is 3.97. The zero-order chi connectivity index (χ0) is 17.2. The van der Waals surface area contributed by atoms with Crippen LogP contribution >= 0.6 is 0 Å². The van der Waals surface area contributed by atoms with E-state index in [1.54, 1.807) is 0 Å². The minimum absolute atomic E-state index is 0.00458. The Bertz CT molecular complexity index is 382. The Labute approximate surface area is 147 Å². The third kappa shape index (κ3) is 6.45. The van der Waals surface area contributed by atoms with E-state index in [1.807, 2.05) is 4.90 Å². The summed E-state index contributed by atoms with van der Waals surface area (Å²) in [5.41, 5.74) is 0. The number of piperidine rings is 1. The molecule has 2 rings (SSSR count). The van der Waals surface area contributed by atoms with Gasteiger partial charge >= 0.3 is 5.97 Å². The molecule has 0 aromatic carbocycles. The topological polar surface area (TPSA) is 46.6 Å². The van der Waals surface area contributed by atoms with E-state index in [4.69, 9.17) is 4.74 Å². The number of esters is 1. The van der Waals surface area contributed by atoms with Crippen LogP contribution < -0.4 is 0 Å². The van der Waals surface area contributed by atoms with Crippen LogP contribution in [0.15, 0.2) is 0 Å². The molecular weight excluding hydrogens is 302 g/mol. The average Bonchev–Trinajstić information content (AvgIpc) is 3.13. The second-order valence-electron chi connectivity index (χ2n) is 7.57. The van der Waals surface area contributed by atoms with Crippen LogP contribution in [0, 0.1) is 11.8 Å². The fourth-order valence-electron chi connectivity index (χ4n) is 3.97. The lowest BCUT2D eigenvalue weighted by molar-refractivity contribution is -0.151. The maximum absolute atomic E-state index is 12.3. The summed E-state index contributed by atoms with van der Waals surface area (Å²) in [7, 11) is 0. The molecule has 1 aliphatic heterocycles. The number of unbranched alkanes of at least 4 members (excludes halogenated alkanes) is 3. The lowest BCUT2D eigenvalue weighted by Crippen LogP contribution is -2.40. The van der Waals surface area contributed by atoms with Crippen LogP contribution in [-0.2, 0) is 14.3 Å². The van der Waals surface area contributed by atoms with Crippen molar-refractivity contribution < 1.29 is 14.3 Å². The van der Waals surface area contributed by atoms with Gasteiger partial charge in [-0.1, -0.05) is 51.9 Å². The van der Waals surface area contributed by atoms with Crippen molar-refractivity contribution in [3.63, 3.8) is 0 Å². The molecule has 0 bridgehead atoms. The van der Waals surface area contributed by atoms with Gasteiger partial charge in [-0.2, -0.15) is 0 Å². The molecule has 4 nitrogen and oxygen atoms in total. The molecule has 2 fully saturated rings. The van der Waals surface area contributed by atoms with E-state index in [9.17, 15) is 9.59 Å². The van der Waals surface area contributed by atoms with Crippen molar-refractivity contribution in [3.8, 4) is 0 Å². The van der Waals surface area contributed by atoms with Crippen LogP contribution in [0.5, 0.6) is 0 Å². The standard InChI is InChI=1S/C20H35NO3/c1-2-3-4-7-16-24-20(23)18-12-14-21(15-13-18)19(22)11-10-17-8-5-6-9-17/h17-18H,2-16H2,1H3. The summed E-state index contributed by atoms with van der Waals surface area (Å²) < 4.78 is 5.40. The van der Waals surface area contributed by atoms with E-state index in [2.05, 4.69) is 6.92 Å². The van der Waals surface area contributed by atoms with E-state index in [0.717, 1.165) is 51.1 Å². The van der Waals surface area contributed by atoms with E-state index >= 15 is 0 Å². The Morgan fingerprint density at radius 3 is 2.38 bits per heavy atom. The number of hydrogen-bond donors (Lipinski definition) is 0. The first kappa shape index (κ1) is 19.3. The van der Waals surface area contributed by atoms with Crippen LogP contribution in [0.2, 0.25) is 0 Å². The fraction of sp³-hybridized carbons (Fsp3) is 0.900. The molecule has 4 heteroatoms. The second-order valence-corrected chi connectivity index (χ2v) is 7.57. The summed E-state index contributed by atoms with van der Waals surface area (Å²) in [6.07, 6.45) is 13.1. The molecule has 0 atom stereocenters. The van der Waals surface area contributed by atoms with Crippen LogP contribution in [0.25, 0.3) is 0 Å². The molecule has 1 aliphatic carbocycles. The van der Waals surface area contributed by atoms with Gasteiger partial charge in [-0.3, -0.25) is 9.59 Å². The molecule has 138 valence electrons. The van der Waals surface area contributed by atoms with Crippen LogP contribution in [0.4, 0.5) is 0 Å². The highest BCUT2D eigenvalue weighted by Gasteiger charge is 2.28. The molecule has 0 aromatic rings. The van der Waals surface area contributed by atoms with E-state index < -0.39 is 0 Å². The van der Waals surface area contributed by atoms with Gasteiger partial charge in [0, 0.05) is 19.5 Å². The first-order chi connectivity index (χ1) is 11.7. The van der Waals surface area contributed by atoms with Crippen LogP contribution in [0.3, 0.4) is 0 Å². The van der Waals surface area contributed by atoms with Crippen LogP contribution in [-0.4, -0.2) is 36.5 Å². The van der Waals surface area contributed by atoms with Gasteiger partial charge in [-0.05, 0) is 31.6 Å². The quantitative estimate of drug-likeness (QED) is 0.465. The molecule has 1 heterocycles. The highest BCUT2D eigenvalue weighted by molar-refractivity contribution is 5.77. The minimum atomic E-state index is -0.0513. The van der Waals surface area contributed by atoms with Gasteiger partial charge < -0.3 is 9.64 Å². The molecule has 0 N–H and O–H groups in total. The number of carbonyl (C=O) groups is 2. The summed E-state index contributed by atoms with van der Waals surface area (Å²) in [5.74, 6) is 1.00. The molecule has 1 saturated heterocycles. The molecular formula is C20H35NO3. The predicted molar refractivity (Wildman–Crippen MR) is 95.6 cm³/mol. The number of hydrogen-bond acceptors (Lipinski definition) is 3. The Kier molecular flexibility index (Phi) is 8.62. The largest absolute Gasteiger partial charge is 0.465 e. The summed E-state index contributed by atoms with van der Waals surface area (Å²) in [5, 5.41) is 0. The maximum atomic E-state index is 12.3. The Morgan fingerprint density at radius 1 is 1.00 bits per heavy atom. The summed E-state index contributed by atoms with van der Waals surface area (Å²) in [4.78, 5) is 26.4. The first-order valence-corrected chi connectivity index (χ1v) is 10.1. The van der Waals surface area contributed by atoms with Crippen molar-refractivity contribution in [3.05, 3.63) is 0 Å². The first-order valence-electron chi connectivity index (χ1n) is 10.1. The van der Waals surface area contributed by atoms with Gasteiger partial charge in [0.15, 0.2) is 0 Å². The number of rotatable bonds is 9. The number of ether oxygens (including phenoxy) is 1. The van der Waals surface area contributed by atoms with Gasteiger partial charge in [0.1, 0.15) is 0 Å². The summed E-state index contributed by atoms with van der Waals surface area (Å²) in [6, 6.07) is 0. The molecule has 24 heavy (non-hydrogen) atoms. The summed E-state index contributed by atoms with van der Waals surface area (Å²) >= 11 is 0. The van der Waals surface area contributed by atoms with Gasteiger partial charge in [0.2, 0.25) is 5.91 Å². The smallest absolute Gasteiger partial charge is 0.309 e. The lowest BCUT2D eigenvalue weighted by Gasteiger charge is -2.31. The molecule has 0 radical (unpaired) electrons. The summed E-state index contributed by atoms with van der Waals surface area (Å²) in [6.45, 7) is 4.17. The number of carbonyl (C=O) groups excluding carboxylic acids is 2. The van der Waals surface area contributed by atoms with Crippen molar-refractivity contribution in [1.82, 2.24) is 4.90 Å². The highest BCUT2D eigenvalue weighted by atomic mass is 16.5. The average molecular weight is 338 g/mol. The monoisotopic (exact) mass is 337 g/mol. The van der Waals surface area contributed by atoms with Crippen molar-refractivity contribution in [1.29, 1.82) is 0 Å². The van der Waals surface area contributed by atoms with Crippen LogP contribution in [0.1, 0.15) is 84.0 Å². The zero-order valence-electron chi connectivity index (χ0n) is 15.4. The van der Waals surface area contributed by atoms with Crippen molar-refractivity contribution >= 4 is 11.9 Å². The Morgan fingerprint density at radius 2 is 1.71 bits per heavy atom. The van der Waals surface area contributed by atoms with Gasteiger partial charge in [-0.25, -0.2) is 0 Å². The Hall–Kier alpha value is -1.06. The predicted octanol–water partition coefficient (Wildman–Crippen LogP) is 4.32. The Balaban J connectivity index is 1.58. The zero-order valence-corrected chi connectivity index (χ0v) is 15.4. The van der Waals surface area contributed by atoms with Crippen molar-refractivity contribution in [2.45, 2.75) is 84.0 Å². The minimum Gasteiger partial charge on any atom is -0.465 e. The highest BCUT2D eigenvalue weighted by Crippen LogP contribution is 2.29.